The number of rotatable bonds is 0. The Labute approximate surface area is 92.6 Å². The second-order valence-electron chi connectivity index (χ2n) is 2.34. The molecule has 0 fully saturated rings. The number of hydrogen-bond donors (Lipinski definition) is 2. The zero-order chi connectivity index (χ0) is 10.7. The third-order valence-electron chi connectivity index (χ3n) is 1.57. The third kappa shape index (κ3) is 2.02. The lowest BCUT2D eigenvalue weighted by atomic mass is 10.2. The van der Waals surface area contributed by atoms with Gasteiger partial charge in [0.15, 0.2) is 11.0 Å². The first kappa shape index (κ1) is 11.4. The van der Waals surface area contributed by atoms with E-state index in [0.717, 1.165) is 4.47 Å². The van der Waals surface area contributed by atoms with Gasteiger partial charge in [-0.25, -0.2) is 4.21 Å². The molecule has 1 atom stereocenters. The van der Waals surface area contributed by atoms with E-state index in [1.165, 1.54) is 7.05 Å². The van der Waals surface area contributed by atoms with Gasteiger partial charge >= 0.3 is 0 Å². The van der Waals surface area contributed by atoms with Crippen molar-refractivity contribution in [3.8, 4) is 0 Å². The summed E-state index contributed by atoms with van der Waals surface area (Å²) in [6.07, 6.45) is 0. The van der Waals surface area contributed by atoms with E-state index >= 15 is 0 Å². The van der Waals surface area contributed by atoms with E-state index in [9.17, 15) is 9.00 Å². The molecule has 0 saturated carbocycles. The van der Waals surface area contributed by atoms with Crippen LogP contribution in [-0.4, -0.2) is 17.2 Å². The number of carbonyl (C=O) groups is 1. The van der Waals surface area contributed by atoms with Gasteiger partial charge in [-0.2, -0.15) is 0 Å². The number of nitrogens with one attached hydrogen (secondary N) is 1. The number of nitrogens with two attached hydrogens (primary N) is 1. The minimum absolute atomic E-state index is 0.268. The molecule has 14 heavy (non-hydrogen) atoms. The van der Waals surface area contributed by atoms with Crippen LogP contribution in [0.3, 0.4) is 0 Å². The number of amides is 1. The second-order valence-corrected chi connectivity index (χ2v) is 4.44. The Balaban J connectivity index is 0.000000461. The van der Waals surface area contributed by atoms with Crippen molar-refractivity contribution < 1.29 is 9.00 Å². The summed E-state index contributed by atoms with van der Waals surface area (Å²) in [4.78, 5) is 11.6. The molecular formula is C8H9BrN2O2S. The number of carbonyl (C=O) groups excluding carboxylic acids is 1. The summed E-state index contributed by atoms with van der Waals surface area (Å²) in [6.45, 7) is 0. The fourth-order valence-corrected chi connectivity index (χ4v) is 2.53. The van der Waals surface area contributed by atoms with Gasteiger partial charge in [-0.3, -0.25) is 9.52 Å². The van der Waals surface area contributed by atoms with Crippen LogP contribution >= 0.6 is 15.9 Å². The molecule has 0 spiro atoms. The van der Waals surface area contributed by atoms with Crippen LogP contribution in [0.25, 0.3) is 0 Å². The minimum Gasteiger partial charge on any atom is -0.333 e. The number of hydrogen-bond acceptors (Lipinski definition) is 3. The van der Waals surface area contributed by atoms with E-state index < -0.39 is 11.0 Å². The Morgan fingerprint density at radius 2 is 2.07 bits per heavy atom. The van der Waals surface area contributed by atoms with Crippen LogP contribution in [0.2, 0.25) is 0 Å². The lowest BCUT2D eigenvalue weighted by Gasteiger charge is -1.93. The summed E-state index contributed by atoms with van der Waals surface area (Å²) in [5, 5.41) is 0. The topological polar surface area (TPSA) is 72.2 Å². The molecule has 76 valence electrons. The first-order valence-electron chi connectivity index (χ1n) is 3.78. The third-order valence-corrected chi connectivity index (χ3v) is 3.17. The zero-order valence-corrected chi connectivity index (χ0v) is 9.81. The molecule has 2 rings (SSSR count). The predicted octanol–water partition coefficient (Wildman–Crippen LogP) is 0.790. The van der Waals surface area contributed by atoms with Gasteiger partial charge in [0.1, 0.15) is 0 Å². The van der Waals surface area contributed by atoms with Gasteiger partial charge in [-0.15, -0.1) is 0 Å². The molecule has 1 amide bonds. The quantitative estimate of drug-likeness (QED) is 0.736. The summed E-state index contributed by atoms with van der Waals surface area (Å²) in [6, 6.07) is 5.09. The average Bonchev–Trinajstić information content (AvgIpc) is 2.46. The highest BCUT2D eigenvalue weighted by molar-refractivity contribution is 9.10. The van der Waals surface area contributed by atoms with Crippen LogP contribution < -0.4 is 10.5 Å². The SMILES string of the molecule is CN.O=C1NS(=O)c2cc(Br)ccc21. The number of fused-ring (bicyclic) bond motifs is 1. The first-order chi connectivity index (χ1) is 6.68. The minimum atomic E-state index is -1.37. The van der Waals surface area contributed by atoms with E-state index in [2.05, 4.69) is 26.4 Å². The van der Waals surface area contributed by atoms with Gasteiger partial charge in [0.25, 0.3) is 5.91 Å². The largest absolute Gasteiger partial charge is 0.333 e. The molecule has 1 aliphatic rings. The van der Waals surface area contributed by atoms with E-state index in [1.807, 2.05) is 0 Å². The van der Waals surface area contributed by atoms with Crippen molar-refractivity contribution in [1.82, 2.24) is 4.72 Å². The number of benzene rings is 1. The average molecular weight is 277 g/mol. The normalized spacial score (nSPS) is 17.9. The highest BCUT2D eigenvalue weighted by Gasteiger charge is 2.25. The summed E-state index contributed by atoms with van der Waals surface area (Å²) in [5.41, 5.74) is 5.00. The molecule has 0 saturated heterocycles. The van der Waals surface area contributed by atoms with E-state index in [4.69, 9.17) is 0 Å². The van der Waals surface area contributed by atoms with Crippen molar-refractivity contribution >= 4 is 32.8 Å². The highest BCUT2D eigenvalue weighted by Crippen LogP contribution is 2.23. The standard InChI is InChI=1S/C7H4BrNO2S.CH5N/c8-4-1-2-5-6(3-4)12(11)9-7(5)10;1-2/h1-3H,(H,9,10);2H2,1H3. The van der Waals surface area contributed by atoms with Crippen molar-refractivity contribution in [3.63, 3.8) is 0 Å². The van der Waals surface area contributed by atoms with Gasteiger partial charge in [0, 0.05) is 4.47 Å². The first-order valence-corrected chi connectivity index (χ1v) is 5.73. The highest BCUT2D eigenvalue weighted by atomic mass is 79.9. The van der Waals surface area contributed by atoms with Crippen molar-refractivity contribution in [1.29, 1.82) is 0 Å². The molecule has 1 unspecified atom stereocenters. The molecule has 1 aliphatic heterocycles. The van der Waals surface area contributed by atoms with Crippen LogP contribution in [0.5, 0.6) is 0 Å². The van der Waals surface area contributed by atoms with Gasteiger partial charge in [-0.05, 0) is 25.2 Å². The maximum absolute atomic E-state index is 11.2. The lowest BCUT2D eigenvalue weighted by Crippen LogP contribution is -2.15. The molecule has 1 aromatic rings. The molecule has 1 heterocycles. The molecule has 0 aromatic heterocycles. The molecule has 3 N–H and O–H groups in total. The van der Waals surface area contributed by atoms with E-state index in [1.54, 1.807) is 18.2 Å². The number of halogens is 1. The summed E-state index contributed by atoms with van der Waals surface area (Å²) in [7, 11) is 0.132. The Hall–Kier alpha value is -0.720. The van der Waals surface area contributed by atoms with Crippen molar-refractivity contribution in [3.05, 3.63) is 28.2 Å². The maximum Gasteiger partial charge on any atom is 0.264 e. The van der Waals surface area contributed by atoms with Crippen LogP contribution in [0.1, 0.15) is 10.4 Å². The molecule has 4 nitrogen and oxygen atoms in total. The fraction of sp³-hybridized carbons (Fsp3) is 0.125. The van der Waals surface area contributed by atoms with E-state index in [0.29, 0.717) is 10.5 Å². The van der Waals surface area contributed by atoms with Crippen molar-refractivity contribution in [2.75, 3.05) is 7.05 Å². The molecule has 6 heteroatoms. The summed E-state index contributed by atoms with van der Waals surface area (Å²) >= 11 is 3.24. The fourth-order valence-electron chi connectivity index (χ4n) is 1.03. The monoisotopic (exact) mass is 276 g/mol. The zero-order valence-electron chi connectivity index (χ0n) is 7.41. The molecule has 0 bridgehead atoms. The van der Waals surface area contributed by atoms with Crippen LogP contribution in [-0.2, 0) is 11.0 Å². The predicted molar refractivity (Wildman–Crippen MR) is 58.1 cm³/mol. The smallest absolute Gasteiger partial charge is 0.264 e. The van der Waals surface area contributed by atoms with Gasteiger partial charge in [0.05, 0.1) is 10.5 Å². The Morgan fingerprint density at radius 1 is 1.43 bits per heavy atom. The van der Waals surface area contributed by atoms with Crippen LogP contribution in [0.15, 0.2) is 27.6 Å². The van der Waals surface area contributed by atoms with Gasteiger partial charge in [-0.1, -0.05) is 15.9 Å². The molecule has 1 aromatic carbocycles. The van der Waals surface area contributed by atoms with E-state index in [-0.39, 0.29) is 5.91 Å². The van der Waals surface area contributed by atoms with Gasteiger partial charge < -0.3 is 5.73 Å². The molecule has 0 aliphatic carbocycles. The van der Waals surface area contributed by atoms with Crippen molar-refractivity contribution in [2.45, 2.75) is 4.90 Å². The summed E-state index contributed by atoms with van der Waals surface area (Å²) < 4.78 is 14.3. The Kier molecular flexibility index (Phi) is 3.79. The Morgan fingerprint density at radius 3 is 2.71 bits per heavy atom. The van der Waals surface area contributed by atoms with Crippen LogP contribution in [0, 0.1) is 0 Å². The summed E-state index contributed by atoms with van der Waals surface area (Å²) in [5.74, 6) is -0.268. The maximum atomic E-state index is 11.2. The van der Waals surface area contributed by atoms with Crippen molar-refractivity contribution in [2.24, 2.45) is 5.73 Å². The van der Waals surface area contributed by atoms with Gasteiger partial charge in [0.2, 0.25) is 0 Å². The Bertz CT molecular complexity index is 395. The molecule has 0 radical (unpaired) electrons. The second kappa shape index (κ2) is 4.68. The lowest BCUT2D eigenvalue weighted by molar-refractivity contribution is 0.0986. The molecular weight excluding hydrogens is 268 g/mol. The van der Waals surface area contributed by atoms with Crippen LogP contribution in [0.4, 0.5) is 0 Å².